The summed E-state index contributed by atoms with van der Waals surface area (Å²) >= 11 is 0. The fraction of sp³-hybridized carbons (Fsp3) is 0.263. The summed E-state index contributed by atoms with van der Waals surface area (Å²) in [7, 11) is -3.97. The zero-order chi connectivity index (χ0) is 20.3. The van der Waals surface area contributed by atoms with Crippen molar-refractivity contribution >= 4 is 27.5 Å². The number of halogens is 1. The van der Waals surface area contributed by atoms with Gasteiger partial charge in [0.2, 0.25) is 5.91 Å². The quantitative estimate of drug-likeness (QED) is 0.707. The van der Waals surface area contributed by atoms with Gasteiger partial charge in [0.15, 0.2) is 0 Å². The zero-order valence-corrected chi connectivity index (χ0v) is 16.0. The molecule has 148 valence electrons. The second kappa shape index (κ2) is 7.97. The molecule has 1 atom stereocenters. The summed E-state index contributed by atoms with van der Waals surface area (Å²) in [5, 5.41) is 5.34. The lowest BCUT2D eigenvalue weighted by atomic mass is 10.0. The van der Waals surface area contributed by atoms with Crippen molar-refractivity contribution in [1.82, 2.24) is 10.6 Å². The molecule has 1 saturated heterocycles. The van der Waals surface area contributed by atoms with Crippen molar-refractivity contribution in [3.05, 3.63) is 59.4 Å². The van der Waals surface area contributed by atoms with Crippen LogP contribution in [0.4, 0.5) is 10.1 Å². The number of piperidine rings is 1. The fourth-order valence-corrected chi connectivity index (χ4v) is 3.98. The molecule has 2 amide bonds. The van der Waals surface area contributed by atoms with Gasteiger partial charge in [0.05, 0.1) is 4.90 Å². The molecule has 7 nitrogen and oxygen atoms in total. The van der Waals surface area contributed by atoms with E-state index in [1.54, 1.807) is 6.92 Å². The molecule has 3 rings (SSSR count). The molecule has 1 aliphatic rings. The molecule has 1 heterocycles. The molecule has 1 unspecified atom stereocenters. The molecular formula is C19H20FN3O4S. The van der Waals surface area contributed by atoms with Gasteiger partial charge in [0.1, 0.15) is 11.9 Å². The molecule has 0 saturated carbocycles. The number of benzene rings is 2. The van der Waals surface area contributed by atoms with Crippen molar-refractivity contribution < 1.29 is 22.4 Å². The number of sulfonamides is 1. The minimum Gasteiger partial charge on any atom is -0.354 e. The van der Waals surface area contributed by atoms with E-state index in [0.717, 1.165) is 18.6 Å². The van der Waals surface area contributed by atoms with E-state index in [9.17, 15) is 22.4 Å². The van der Waals surface area contributed by atoms with Gasteiger partial charge in [-0.25, -0.2) is 12.8 Å². The first kappa shape index (κ1) is 19.8. The van der Waals surface area contributed by atoms with Crippen LogP contribution in [0.25, 0.3) is 0 Å². The number of hydrogen-bond donors (Lipinski definition) is 3. The second-order valence-electron chi connectivity index (χ2n) is 6.55. The first-order chi connectivity index (χ1) is 13.3. The van der Waals surface area contributed by atoms with Gasteiger partial charge in [-0.15, -0.1) is 0 Å². The van der Waals surface area contributed by atoms with E-state index in [4.69, 9.17) is 0 Å². The lowest BCUT2D eigenvalue weighted by Crippen LogP contribution is -2.50. The minimum atomic E-state index is -3.97. The summed E-state index contributed by atoms with van der Waals surface area (Å²) < 4.78 is 40.6. The second-order valence-corrected chi connectivity index (χ2v) is 8.23. The highest BCUT2D eigenvalue weighted by Gasteiger charge is 2.25. The maximum atomic E-state index is 13.0. The van der Waals surface area contributed by atoms with Crippen LogP contribution in [-0.4, -0.2) is 32.8 Å². The minimum absolute atomic E-state index is 0.110. The van der Waals surface area contributed by atoms with Crippen LogP contribution in [0, 0.1) is 12.7 Å². The standard InChI is InChI=1S/C19H20FN3O4S/c1-12-4-9-15(28(26,27)23-14-7-5-13(20)6-8-14)11-16(12)18(24)22-17-3-2-10-21-19(17)25/h4-9,11,17,23H,2-3,10H2,1H3,(H,21,25)(H,22,24). The van der Waals surface area contributed by atoms with Gasteiger partial charge in [-0.05, 0) is 61.7 Å². The Morgan fingerprint density at radius 1 is 1.18 bits per heavy atom. The average molecular weight is 405 g/mol. The third-order valence-corrected chi connectivity index (χ3v) is 5.83. The van der Waals surface area contributed by atoms with Crippen molar-refractivity contribution in [2.24, 2.45) is 0 Å². The summed E-state index contributed by atoms with van der Waals surface area (Å²) in [6, 6.07) is 8.41. The summed E-state index contributed by atoms with van der Waals surface area (Å²) in [6.45, 7) is 2.26. The normalized spacial score (nSPS) is 16.9. The molecule has 0 spiro atoms. The van der Waals surface area contributed by atoms with Crippen LogP contribution in [0.3, 0.4) is 0 Å². The summed E-state index contributed by atoms with van der Waals surface area (Å²) in [4.78, 5) is 24.3. The van der Waals surface area contributed by atoms with Gasteiger partial charge >= 0.3 is 0 Å². The largest absolute Gasteiger partial charge is 0.354 e. The summed E-state index contributed by atoms with van der Waals surface area (Å²) in [6.07, 6.45) is 1.28. The van der Waals surface area contributed by atoms with Crippen LogP contribution < -0.4 is 15.4 Å². The smallest absolute Gasteiger partial charge is 0.261 e. The third-order valence-electron chi connectivity index (χ3n) is 4.45. The Kier molecular flexibility index (Phi) is 5.64. The number of carbonyl (C=O) groups is 2. The Labute approximate surface area is 162 Å². The maximum Gasteiger partial charge on any atom is 0.261 e. The SMILES string of the molecule is Cc1ccc(S(=O)(=O)Nc2ccc(F)cc2)cc1C(=O)NC1CCCNC1=O. The number of nitrogens with one attached hydrogen (secondary N) is 3. The highest BCUT2D eigenvalue weighted by molar-refractivity contribution is 7.92. The van der Waals surface area contributed by atoms with E-state index in [1.165, 1.54) is 30.3 Å². The Balaban J connectivity index is 1.82. The van der Waals surface area contributed by atoms with E-state index in [1.807, 2.05) is 0 Å². The molecule has 28 heavy (non-hydrogen) atoms. The molecule has 2 aromatic rings. The summed E-state index contributed by atoms with van der Waals surface area (Å²) in [5.74, 6) is -1.25. The van der Waals surface area contributed by atoms with Crippen LogP contribution in [-0.2, 0) is 14.8 Å². The van der Waals surface area contributed by atoms with E-state index >= 15 is 0 Å². The Morgan fingerprint density at radius 2 is 1.89 bits per heavy atom. The molecule has 0 radical (unpaired) electrons. The lowest BCUT2D eigenvalue weighted by Gasteiger charge is -2.23. The monoisotopic (exact) mass is 405 g/mol. The van der Waals surface area contributed by atoms with Crippen LogP contribution in [0.1, 0.15) is 28.8 Å². The number of carbonyl (C=O) groups excluding carboxylic acids is 2. The average Bonchev–Trinajstić information content (AvgIpc) is 2.65. The predicted molar refractivity (Wildman–Crippen MR) is 102 cm³/mol. The highest BCUT2D eigenvalue weighted by atomic mass is 32.2. The first-order valence-electron chi connectivity index (χ1n) is 8.74. The third kappa shape index (κ3) is 4.48. The van der Waals surface area contributed by atoms with Crippen LogP contribution in [0.5, 0.6) is 0 Å². The van der Waals surface area contributed by atoms with E-state index < -0.39 is 27.8 Å². The molecule has 1 fully saturated rings. The predicted octanol–water partition coefficient (Wildman–Crippen LogP) is 1.94. The fourth-order valence-electron chi connectivity index (χ4n) is 2.89. The molecular weight excluding hydrogens is 385 g/mol. The van der Waals surface area contributed by atoms with Gasteiger partial charge in [0, 0.05) is 17.8 Å². The number of anilines is 1. The number of rotatable bonds is 5. The van der Waals surface area contributed by atoms with E-state index in [0.29, 0.717) is 18.5 Å². The topological polar surface area (TPSA) is 104 Å². The van der Waals surface area contributed by atoms with Crippen molar-refractivity contribution in [1.29, 1.82) is 0 Å². The van der Waals surface area contributed by atoms with Crippen molar-refractivity contribution in [2.75, 3.05) is 11.3 Å². The van der Waals surface area contributed by atoms with Crippen LogP contribution >= 0.6 is 0 Å². The Hall–Kier alpha value is -2.94. The number of aryl methyl sites for hydroxylation is 1. The molecule has 1 aliphatic heterocycles. The molecule has 2 aromatic carbocycles. The Bertz CT molecular complexity index is 1010. The van der Waals surface area contributed by atoms with Gasteiger partial charge in [-0.3, -0.25) is 14.3 Å². The van der Waals surface area contributed by atoms with Gasteiger partial charge in [-0.2, -0.15) is 0 Å². The maximum absolute atomic E-state index is 13.0. The first-order valence-corrected chi connectivity index (χ1v) is 10.2. The molecule has 0 bridgehead atoms. The van der Waals surface area contributed by atoms with E-state index in [-0.39, 0.29) is 22.1 Å². The molecule has 0 aliphatic carbocycles. The number of amides is 2. The van der Waals surface area contributed by atoms with Gasteiger partial charge < -0.3 is 10.6 Å². The molecule has 3 N–H and O–H groups in total. The van der Waals surface area contributed by atoms with Crippen molar-refractivity contribution in [2.45, 2.75) is 30.7 Å². The van der Waals surface area contributed by atoms with Gasteiger partial charge in [0.25, 0.3) is 15.9 Å². The molecule has 0 aromatic heterocycles. The van der Waals surface area contributed by atoms with Crippen molar-refractivity contribution in [3.8, 4) is 0 Å². The van der Waals surface area contributed by atoms with Crippen LogP contribution in [0.2, 0.25) is 0 Å². The molecule has 9 heteroatoms. The Morgan fingerprint density at radius 3 is 2.57 bits per heavy atom. The highest BCUT2D eigenvalue weighted by Crippen LogP contribution is 2.20. The van der Waals surface area contributed by atoms with E-state index in [2.05, 4.69) is 15.4 Å². The number of hydrogen-bond acceptors (Lipinski definition) is 4. The zero-order valence-electron chi connectivity index (χ0n) is 15.2. The van der Waals surface area contributed by atoms with Crippen molar-refractivity contribution in [3.63, 3.8) is 0 Å². The summed E-state index contributed by atoms with van der Waals surface area (Å²) in [5.41, 5.74) is 0.946. The van der Waals surface area contributed by atoms with Crippen LogP contribution in [0.15, 0.2) is 47.4 Å². The lowest BCUT2D eigenvalue weighted by molar-refractivity contribution is -0.124. The van der Waals surface area contributed by atoms with Gasteiger partial charge in [-0.1, -0.05) is 6.07 Å².